The van der Waals surface area contributed by atoms with Crippen LogP contribution in [0.5, 0.6) is 0 Å². The van der Waals surface area contributed by atoms with E-state index in [4.69, 9.17) is 5.84 Å². The summed E-state index contributed by atoms with van der Waals surface area (Å²) in [6.07, 6.45) is 1.62. The van der Waals surface area contributed by atoms with Crippen LogP contribution in [0.2, 0.25) is 0 Å². The number of carbonyl (C=O) groups is 1. The fourth-order valence-electron chi connectivity index (χ4n) is 1.35. The lowest BCUT2D eigenvalue weighted by Gasteiger charge is -2.05. The van der Waals surface area contributed by atoms with Crippen LogP contribution >= 0.6 is 0 Å². The number of aromatic nitrogens is 3. The number of nitrogens with zero attached hydrogens (tertiary/aromatic N) is 3. The van der Waals surface area contributed by atoms with Crippen LogP contribution in [0.15, 0.2) is 30.5 Å². The molecule has 2 aromatic rings. The number of nitrogen functional groups attached to an aromatic ring is 1. The largest absolute Gasteiger partial charge is 0.320 e. The molecule has 0 atom stereocenters. The van der Waals surface area contributed by atoms with Gasteiger partial charge in [0.2, 0.25) is 0 Å². The Kier molecular flexibility index (Phi) is 3.44. The molecular weight excluding hydrogens is 232 g/mol. The monoisotopic (exact) mass is 244 g/mol. The highest BCUT2D eigenvalue weighted by atomic mass is 16.1. The van der Waals surface area contributed by atoms with Gasteiger partial charge in [0.1, 0.15) is 0 Å². The van der Waals surface area contributed by atoms with Crippen molar-refractivity contribution in [3.63, 3.8) is 0 Å². The Morgan fingerprint density at radius 2 is 2.11 bits per heavy atom. The predicted molar refractivity (Wildman–Crippen MR) is 66.8 cm³/mol. The fraction of sp³-hybridized carbons (Fsp3) is 0.0909. The Morgan fingerprint density at radius 1 is 1.28 bits per heavy atom. The van der Waals surface area contributed by atoms with Crippen molar-refractivity contribution in [1.29, 1.82) is 0 Å². The number of nitrogens with one attached hydrogen (secondary N) is 2. The van der Waals surface area contributed by atoms with Crippen molar-refractivity contribution in [2.24, 2.45) is 5.84 Å². The van der Waals surface area contributed by atoms with Crippen LogP contribution in [0.25, 0.3) is 0 Å². The summed E-state index contributed by atoms with van der Waals surface area (Å²) in [6, 6.07) is 6.57. The summed E-state index contributed by atoms with van der Waals surface area (Å²) in [7, 11) is 0. The molecule has 0 aromatic carbocycles. The van der Waals surface area contributed by atoms with Crippen LogP contribution < -0.4 is 16.6 Å². The highest BCUT2D eigenvalue weighted by molar-refractivity contribution is 6.02. The van der Waals surface area contributed by atoms with Gasteiger partial charge >= 0.3 is 0 Å². The molecule has 2 aromatic heterocycles. The van der Waals surface area contributed by atoms with Crippen molar-refractivity contribution in [1.82, 2.24) is 15.2 Å². The maximum atomic E-state index is 11.8. The average molecular weight is 244 g/mol. The highest BCUT2D eigenvalue weighted by Crippen LogP contribution is 2.09. The van der Waals surface area contributed by atoms with Crippen molar-refractivity contribution in [2.75, 3.05) is 10.7 Å². The van der Waals surface area contributed by atoms with E-state index in [2.05, 4.69) is 25.9 Å². The standard InChI is InChI=1S/C11H12N6O/c1-7-6-8(4-5-13-7)14-11(18)9-2-3-10(15-12)17-16-9/h2-6H,12H2,1H3,(H,15,17)(H,13,14,18). The second-order valence-electron chi connectivity index (χ2n) is 3.59. The quantitative estimate of drug-likeness (QED) is 0.542. The van der Waals surface area contributed by atoms with Gasteiger partial charge in [-0.2, -0.15) is 0 Å². The van der Waals surface area contributed by atoms with E-state index in [1.165, 1.54) is 6.07 Å². The molecule has 0 bridgehead atoms. The lowest BCUT2D eigenvalue weighted by molar-refractivity contribution is 0.102. The van der Waals surface area contributed by atoms with Gasteiger partial charge in [-0.1, -0.05) is 0 Å². The van der Waals surface area contributed by atoms with Crippen molar-refractivity contribution in [3.05, 3.63) is 41.9 Å². The van der Waals surface area contributed by atoms with Gasteiger partial charge in [0.05, 0.1) is 0 Å². The smallest absolute Gasteiger partial charge is 0.276 e. The molecule has 0 aliphatic heterocycles. The normalized spacial score (nSPS) is 9.89. The fourth-order valence-corrected chi connectivity index (χ4v) is 1.35. The van der Waals surface area contributed by atoms with E-state index in [1.54, 1.807) is 24.4 Å². The molecule has 0 fully saturated rings. The van der Waals surface area contributed by atoms with E-state index >= 15 is 0 Å². The van der Waals surface area contributed by atoms with Gasteiger partial charge in [-0.15, -0.1) is 10.2 Å². The Labute approximate surface area is 103 Å². The van der Waals surface area contributed by atoms with Crippen LogP contribution in [-0.4, -0.2) is 21.1 Å². The number of hydrogen-bond acceptors (Lipinski definition) is 6. The molecular formula is C11H12N6O. The Hall–Kier alpha value is -2.54. The summed E-state index contributed by atoms with van der Waals surface area (Å²) in [5, 5.41) is 10.2. The number of aryl methyl sites for hydroxylation is 1. The molecule has 2 heterocycles. The van der Waals surface area contributed by atoms with E-state index in [1.807, 2.05) is 6.92 Å². The topological polar surface area (TPSA) is 106 Å². The van der Waals surface area contributed by atoms with Crippen molar-refractivity contribution >= 4 is 17.4 Å². The predicted octanol–water partition coefficient (Wildman–Crippen LogP) is 0.718. The molecule has 92 valence electrons. The highest BCUT2D eigenvalue weighted by Gasteiger charge is 2.08. The SMILES string of the molecule is Cc1cc(NC(=O)c2ccc(NN)nn2)ccn1. The van der Waals surface area contributed by atoms with E-state index in [9.17, 15) is 4.79 Å². The molecule has 7 heteroatoms. The Morgan fingerprint density at radius 3 is 2.72 bits per heavy atom. The molecule has 7 nitrogen and oxygen atoms in total. The van der Waals surface area contributed by atoms with Gasteiger partial charge in [0.25, 0.3) is 5.91 Å². The third-order valence-corrected chi connectivity index (χ3v) is 2.20. The first-order chi connectivity index (χ1) is 8.69. The maximum Gasteiger partial charge on any atom is 0.276 e. The van der Waals surface area contributed by atoms with Crippen molar-refractivity contribution in [3.8, 4) is 0 Å². The van der Waals surface area contributed by atoms with Crippen LogP contribution in [0, 0.1) is 6.92 Å². The van der Waals surface area contributed by atoms with Gasteiger partial charge < -0.3 is 10.7 Å². The summed E-state index contributed by atoms with van der Waals surface area (Å²) >= 11 is 0. The number of hydrogen-bond donors (Lipinski definition) is 3. The minimum atomic E-state index is -0.336. The number of hydrazine groups is 1. The second kappa shape index (κ2) is 5.19. The minimum absolute atomic E-state index is 0.212. The van der Waals surface area contributed by atoms with Gasteiger partial charge in [-0.3, -0.25) is 9.78 Å². The Balaban J connectivity index is 2.11. The van der Waals surface area contributed by atoms with Gasteiger partial charge in [0.15, 0.2) is 11.5 Å². The zero-order chi connectivity index (χ0) is 13.0. The third-order valence-electron chi connectivity index (χ3n) is 2.20. The number of amides is 1. The molecule has 0 radical (unpaired) electrons. The first-order valence-electron chi connectivity index (χ1n) is 5.23. The molecule has 0 unspecified atom stereocenters. The van der Waals surface area contributed by atoms with Crippen molar-refractivity contribution in [2.45, 2.75) is 6.92 Å². The maximum absolute atomic E-state index is 11.8. The summed E-state index contributed by atoms with van der Waals surface area (Å²) in [4.78, 5) is 15.9. The number of rotatable bonds is 3. The molecule has 0 saturated heterocycles. The summed E-state index contributed by atoms with van der Waals surface area (Å²) in [6.45, 7) is 1.84. The first kappa shape index (κ1) is 11.9. The van der Waals surface area contributed by atoms with Crippen molar-refractivity contribution < 1.29 is 4.79 Å². The number of anilines is 2. The van der Waals surface area contributed by atoms with Gasteiger partial charge in [0, 0.05) is 17.6 Å². The molecule has 1 amide bonds. The molecule has 4 N–H and O–H groups in total. The summed E-state index contributed by atoms with van der Waals surface area (Å²) in [5.41, 5.74) is 4.03. The van der Waals surface area contributed by atoms with Gasteiger partial charge in [-0.25, -0.2) is 5.84 Å². The Bertz CT molecular complexity index is 554. The first-order valence-corrected chi connectivity index (χ1v) is 5.23. The molecule has 0 saturated carbocycles. The lowest BCUT2D eigenvalue weighted by atomic mass is 10.3. The minimum Gasteiger partial charge on any atom is -0.320 e. The third kappa shape index (κ3) is 2.77. The second-order valence-corrected chi connectivity index (χ2v) is 3.59. The molecule has 0 spiro atoms. The zero-order valence-corrected chi connectivity index (χ0v) is 9.71. The molecule has 2 rings (SSSR count). The van der Waals surface area contributed by atoms with Crippen LogP contribution in [-0.2, 0) is 0 Å². The zero-order valence-electron chi connectivity index (χ0n) is 9.71. The number of nitrogens with two attached hydrogens (primary N) is 1. The lowest BCUT2D eigenvalue weighted by Crippen LogP contribution is -2.16. The van der Waals surface area contributed by atoms with E-state index in [0.717, 1.165) is 5.69 Å². The average Bonchev–Trinajstić information content (AvgIpc) is 2.39. The number of pyridine rings is 1. The van der Waals surface area contributed by atoms with Crippen LogP contribution in [0.1, 0.15) is 16.2 Å². The van der Waals surface area contributed by atoms with E-state index in [0.29, 0.717) is 11.5 Å². The summed E-state index contributed by atoms with van der Waals surface area (Å²) in [5.74, 6) is 5.21. The van der Waals surface area contributed by atoms with Crippen LogP contribution in [0.4, 0.5) is 11.5 Å². The van der Waals surface area contributed by atoms with Gasteiger partial charge in [-0.05, 0) is 31.2 Å². The summed E-state index contributed by atoms with van der Waals surface area (Å²) < 4.78 is 0. The van der Waals surface area contributed by atoms with Crippen LogP contribution in [0.3, 0.4) is 0 Å². The molecule has 18 heavy (non-hydrogen) atoms. The van der Waals surface area contributed by atoms with E-state index in [-0.39, 0.29) is 11.6 Å². The molecule has 0 aliphatic carbocycles. The van der Waals surface area contributed by atoms with E-state index < -0.39 is 0 Å². The number of carbonyl (C=O) groups excluding carboxylic acids is 1. The molecule has 0 aliphatic rings.